The van der Waals surface area contributed by atoms with Gasteiger partial charge in [0.1, 0.15) is 23.5 Å². The van der Waals surface area contributed by atoms with E-state index in [1.165, 1.54) is 46.9 Å². The number of carbonyl (C=O) groups is 1. The third-order valence-electron chi connectivity index (χ3n) is 8.76. The lowest BCUT2D eigenvalue weighted by atomic mass is 9.84. The van der Waals surface area contributed by atoms with E-state index in [2.05, 4.69) is 20.9 Å². The first-order valence-corrected chi connectivity index (χ1v) is 17.7. The molecule has 12 heteroatoms. The van der Waals surface area contributed by atoms with Crippen molar-refractivity contribution in [3.63, 3.8) is 0 Å². The molecule has 1 saturated heterocycles. The van der Waals surface area contributed by atoms with Crippen LogP contribution < -0.4 is 16.0 Å². The number of nitrogens with zero attached hydrogens (tertiary/aromatic N) is 2. The van der Waals surface area contributed by atoms with Crippen LogP contribution in [0.2, 0.25) is 0 Å². The summed E-state index contributed by atoms with van der Waals surface area (Å²) >= 11 is 0. The van der Waals surface area contributed by atoms with Crippen LogP contribution >= 0.6 is 0 Å². The molecule has 0 saturated carbocycles. The van der Waals surface area contributed by atoms with E-state index in [4.69, 9.17) is 0 Å². The molecule has 4 aromatic carbocycles. The molecule has 0 spiro atoms. The number of anilines is 2. The molecule has 1 fully saturated rings. The highest BCUT2D eigenvalue weighted by Crippen LogP contribution is 2.33. The highest BCUT2D eigenvalue weighted by atomic mass is 32.2. The van der Waals surface area contributed by atoms with Gasteiger partial charge in [0, 0.05) is 42.8 Å². The molecular weight excluding hydrogens is 664 g/mol. The minimum Gasteiger partial charge on any atom is -0.373 e. The first kappa shape index (κ1) is 34.8. The number of aromatic nitrogens is 1. The van der Waals surface area contributed by atoms with Crippen LogP contribution in [-0.4, -0.2) is 55.3 Å². The fourth-order valence-corrected chi connectivity index (χ4v) is 8.05. The molecule has 1 aromatic heterocycles. The second-order valence-electron chi connectivity index (χ2n) is 12.0. The normalized spacial score (nSPS) is 15.8. The van der Waals surface area contributed by atoms with Crippen molar-refractivity contribution in [3.05, 3.63) is 156 Å². The van der Waals surface area contributed by atoms with Crippen LogP contribution in [0.5, 0.6) is 0 Å². The van der Waals surface area contributed by atoms with E-state index in [0.717, 1.165) is 6.20 Å². The summed E-state index contributed by atoms with van der Waals surface area (Å²) in [4.78, 5) is 18.5. The van der Waals surface area contributed by atoms with Crippen LogP contribution in [0, 0.1) is 17.5 Å². The number of carbonyl (C=O) groups excluding carboxylic acids is 1. The number of nitrogens with one attached hydrogen (secondary N) is 3. The average molecular weight is 700 g/mol. The van der Waals surface area contributed by atoms with Crippen molar-refractivity contribution in [2.75, 3.05) is 30.3 Å². The summed E-state index contributed by atoms with van der Waals surface area (Å²) in [6.45, 7) is 1.09. The number of benzene rings is 4. The SMILES string of the molecule is O=C(Nc1cncc(F)c1CC[C@H]1CNCCN1S(=O)(=O)c1ccccc1)[C@@H](Nc1ccccc1)C(c1cccc(F)c1)c1cccc(F)c1. The summed E-state index contributed by atoms with van der Waals surface area (Å²) in [5, 5.41) is 9.31. The lowest BCUT2D eigenvalue weighted by molar-refractivity contribution is -0.117. The second-order valence-corrected chi connectivity index (χ2v) is 13.9. The van der Waals surface area contributed by atoms with Crippen molar-refractivity contribution >= 4 is 27.3 Å². The molecule has 2 heterocycles. The van der Waals surface area contributed by atoms with Gasteiger partial charge in [0.2, 0.25) is 15.9 Å². The molecule has 3 N–H and O–H groups in total. The molecule has 258 valence electrons. The summed E-state index contributed by atoms with van der Waals surface area (Å²) in [6, 6.07) is 27.0. The first-order chi connectivity index (χ1) is 24.2. The van der Waals surface area contributed by atoms with E-state index < -0.39 is 51.4 Å². The quantitative estimate of drug-likeness (QED) is 0.140. The molecule has 0 radical (unpaired) electrons. The maximum absolute atomic E-state index is 15.5. The molecule has 0 aliphatic carbocycles. The monoisotopic (exact) mass is 699 g/mol. The number of hydrogen-bond donors (Lipinski definition) is 3. The van der Waals surface area contributed by atoms with Gasteiger partial charge < -0.3 is 16.0 Å². The summed E-state index contributed by atoms with van der Waals surface area (Å²) in [5.74, 6) is -3.20. The van der Waals surface area contributed by atoms with Crippen LogP contribution in [0.1, 0.15) is 29.0 Å². The predicted molar refractivity (Wildman–Crippen MR) is 187 cm³/mol. The molecule has 2 atom stereocenters. The van der Waals surface area contributed by atoms with Gasteiger partial charge in [0.05, 0.1) is 23.0 Å². The Hall–Kier alpha value is -5.04. The average Bonchev–Trinajstić information content (AvgIpc) is 3.12. The first-order valence-electron chi connectivity index (χ1n) is 16.2. The van der Waals surface area contributed by atoms with E-state index in [1.807, 2.05) is 6.07 Å². The zero-order valence-corrected chi connectivity index (χ0v) is 27.8. The van der Waals surface area contributed by atoms with E-state index in [1.54, 1.807) is 66.7 Å². The number of amides is 1. The minimum atomic E-state index is -3.81. The van der Waals surface area contributed by atoms with Crippen LogP contribution in [0.3, 0.4) is 0 Å². The zero-order chi connectivity index (χ0) is 35.1. The molecule has 0 unspecified atom stereocenters. The molecule has 1 aliphatic heterocycles. The van der Waals surface area contributed by atoms with Gasteiger partial charge in [-0.05, 0) is 72.5 Å². The van der Waals surface area contributed by atoms with Crippen molar-refractivity contribution in [2.24, 2.45) is 0 Å². The van der Waals surface area contributed by atoms with Crippen LogP contribution in [0.25, 0.3) is 0 Å². The molecule has 0 bridgehead atoms. The Bertz CT molecular complexity index is 1990. The van der Waals surface area contributed by atoms with Gasteiger partial charge in [-0.1, -0.05) is 60.7 Å². The Morgan fingerprint density at radius 1 is 0.860 bits per heavy atom. The molecular formula is C38H36F3N5O3S. The Balaban J connectivity index is 1.31. The summed E-state index contributed by atoms with van der Waals surface area (Å²) in [7, 11) is -3.81. The largest absolute Gasteiger partial charge is 0.373 e. The molecule has 50 heavy (non-hydrogen) atoms. The van der Waals surface area contributed by atoms with E-state index in [-0.39, 0.29) is 35.5 Å². The number of rotatable bonds is 12. The Morgan fingerprint density at radius 3 is 2.14 bits per heavy atom. The van der Waals surface area contributed by atoms with Gasteiger partial charge in [-0.2, -0.15) is 4.31 Å². The molecule has 1 amide bonds. The molecule has 5 aromatic rings. The van der Waals surface area contributed by atoms with E-state index >= 15 is 4.39 Å². The topological polar surface area (TPSA) is 103 Å². The number of hydrogen-bond acceptors (Lipinski definition) is 6. The summed E-state index contributed by atoms with van der Waals surface area (Å²) in [5.41, 5.74) is 1.67. The summed E-state index contributed by atoms with van der Waals surface area (Å²) in [6.07, 6.45) is 2.73. The second kappa shape index (κ2) is 15.7. The third-order valence-corrected chi connectivity index (χ3v) is 10.7. The third kappa shape index (κ3) is 8.05. The van der Waals surface area contributed by atoms with Gasteiger partial charge in [0.15, 0.2) is 0 Å². The molecule has 1 aliphatic rings. The van der Waals surface area contributed by atoms with Crippen molar-refractivity contribution in [2.45, 2.75) is 35.7 Å². The standard InChI is InChI=1S/C38H36F3N5O3S/c39-28-11-7-9-26(21-28)36(27-10-8-12-29(40)22-27)37(44-30-13-3-1-4-14-30)38(47)45-35-25-43-24-34(41)33(35)18-17-31-23-42-19-20-46(31)50(48,49)32-15-5-2-6-16-32/h1-16,21-22,24-25,31,36-37,42,44H,17-20,23H2,(H,45,47)/t31-,37-/m0/s1. The Labute approximate surface area is 289 Å². The lowest BCUT2D eigenvalue weighted by Gasteiger charge is -2.35. The maximum Gasteiger partial charge on any atom is 0.247 e. The maximum atomic E-state index is 15.5. The Morgan fingerprint density at radius 2 is 1.50 bits per heavy atom. The Kier molecular flexibility index (Phi) is 10.9. The van der Waals surface area contributed by atoms with Gasteiger partial charge >= 0.3 is 0 Å². The molecule has 8 nitrogen and oxygen atoms in total. The van der Waals surface area contributed by atoms with E-state index in [0.29, 0.717) is 29.9 Å². The number of pyridine rings is 1. The highest BCUT2D eigenvalue weighted by molar-refractivity contribution is 7.89. The number of halogens is 3. The van der Waals surface area contributed by atoms with Crippen molar-refractivity contribution in [1.29, 1.82) is 0 Å². The van der Waals surface area contributed by atoms with Gasteiger partial charge in [0.25, 0.3) is 0 Å². The fraction of sp³-hybridized carbons (Fsp3) is 0.211. The van der Waals surface area contributed by atoms with Crippen molar-refractivity contribution in [3.8, 4) is 0 Å². The summed E-state index contributed by atoms with van der Waals surface area (Å²) < 4.78 is 73.3. The smallest absolute Gasteiger partial charge is 0.247 e. The van der Waals surface area contributed by atoms with Crippen LogP contribution in [0.4, 0.5) is 24.5 Å². The predicted octanol–water partition coefficient (Wildman–Crippen LogP) is 6.35. The highest BCUT2D eigenvalue weighted by Gasteiger charge is 2.35. The van der Waals surface area contributed by atoms with Gasteiger partial charge in [-0.25, -0.2) is 21.6 Å². The number of para-hydroxylation sites is 1. The van der Waals surface area contributed by atoms with Crippen LogP contribution in [-0.2, 0) is 21.2 Å². The number of sulfonamides is 1. The van der Waals surface area contributed by atoms with E-state index in [9.17, 15) is 22.0 Å². The lowest BCUT2D eigenvalue weighted by Crippen LogP contribution is -2.53. The van der Waals surface area contributed by atoms with Gasteiger partial charge in [-0.3, -0.25) is 9.78 Å². The van der Waals surface area contributed by atoms with Crippen molar-refractivity contribution in [1.82, 2.24) is 14.6 Å². The van der Waals surface area contributed by atoms with Crippen molar-refractivity contribution < 1.29 is 26.4 Å². The van der Waals surface area contributed by atoms with Gasteiger partial charge in [-0.15, -0.1) is 0 Å². The molecule has 6 rings (SSSR count). The van der Waals surface area contributed by atoms with Crippen LogP contribution in [0.15, 0.2) is 126 Å². The minimum absolute atomic E-state index is 0.0884. The number of piperazine rings is 1. The fourth-order valence-electron chi connectivity index (χ4n) is 6.37. The zero-order valence-electron chi connectivity index (χ0n) is 27.0.